The first-order valence-electron chi connectivity index (χ1n) is 21.2. The molecule has 2 unspecified atom stereocenters. The van der Waals surface area contributed by atoms with E-state index in [1.54, 1.807) is 0 Å². The van der Waals surface area contributed by atoms with Crippen LogP contribution < -0.4 is 11.5 Å². The highest BCUT2D eigenvalue weighted by molar-refractivity contribution is 5.51. The first kappa shape index (κ1) is 39.7. The number of hydrogen-bond acceptors (Lipinski definition) is 2. The second kappa shape index (κ2) is 19.5. The molecule has 0 saturated heterocycles. The number of unbranched alkanes of at least 4 members (excludes halogenated alkanes) is 7. The van der Waals surface area contributed by atoms with E-state index in [2.05, 4.69) is 120 Å². The van der Waals surface area contributed by atoms with E-state index >= 15 is 0 Å². The monoisotopic (exact) mass is 699 g/mol. The van der Waals surface area contributed by atoms with Gasteiger partial charge in [-0.25, -0.2) is 0 Å². The SMILES string of the molecule is CCCCCCC(c1ccc(C2(c3ccc(C(CCCCCC)c4ccc(N)cc4C)cc3)CCC(CCCC)CC2)cc1)c1ccc(N)cc1C. The maximum atomic E-state index is 6.21. The van der Waals surface area contributed by atoms with Gasteiger partial charge >= 0.3 is 0 Å². The fraction of sp³-hybridized carbons (Fsp3) is 0.520. The predicted octanol–water partition coefficient (Wildman–Crippen LogP) is 14.3. The standard InChI is InChI=1S/C50H70N2/c1-6-9-12-14-17-48(46-29-27-44(51)35-37(46)4)40-19-23-42(24-20-40)50(33-31-39(32-34-50)16-11-8-3)43-25-21-41(22-26-43)49(18-15-13-10-7-2)47-30-28-45(52)36-38(47)5/h19-30,35-36,39,48-49H,6-18,31-34,51-52H2,1-5H3. The summed E-state index contributed by atoms with van der Waals surface area (Å²) in [5.74, 6) is 1.66. The van der Waals surface area contributed by atoms with Crippen molar-refractivity contribution in [1.82, 2.24) is 0 Å². The zero-order chi connectivity index (χ0) is 36.9. The van der Waals surface area contributed by atoms with E-state index in [1.165, 1.54) is 154 Å². The van der Waals surface area contributed by atoms with Gasteiger partial charge in [0.15, 0.2) is 0 Å². The van der Waals surface area contributed by atoms with Gasteiger partial charge < -0.3 is 11.5 Å². The molecular formula is C50H70N2. The zero-order valence-corrected chi connectivity index (χ0v) is 33.5. The molecule has 4 aromatic carbocycles. The van der Waals surface area contributed by atoms with Crippen molar-refractivity contribution in [3.8, 4) is 0 Å². The minimum absolute atomic E-state index is 0.0568. The molecule has 5 rings (SSSR count). The maximum absolute atomic E-state index is 6.21. The highest BCUT2D eigenvalue weighted by Gasteiger charge is 2.38. The fourth-order valence-corrected chi connectivity index (χ4v) is 9.50. The smallest absolute Gasteiger partial charge is 0.0316 e. The van der Waals surface area contributed by atoms with Crippen molar-refractivity contribution < 1.29 is 0 Å². The molecule has 2 atom stereocenters. The van der Waals surface area contributed by atoms with Gasteiger partial charge in [-0.05, 0) is 127 Å². The van der Waals surface area contributed by atoms with Crippen LogP contribution in [0, 0.1) is 19.8 Å². The van der Waals surface area contributed by atoms with Gasteiger partial charge in [0, 0.05) is 28.6 Å². The normalized spacial score (nSPS) is 18.7. The van der Waals surface area contributed by atoms with Crippen LogP contribution in [0.3, 0.4) is 0 Å². The van der Waals surface area contributed by atoms with Crippen molar-refractivity contribution in [2.45, 2.75) is 161 Å². The number of nitrogen functional groups attached to an aromatic ring is 2. The second-order valence-corrected chi connectivity index (χ2v) is 16.4. The first-order valence-corrected chi connectivity index (χ1v) is 21.2. The van der Waals surface area contributed by atoms with Gasteiger partial charge in [-0.2, -0.15) is 0 Å². The molecule has 0 bridgehead atoms. The Kier molecular flexibility index (Phi) is 14.9. The van der Waals surface area contributed by atoms with Gasteiger partial charge in [-0.15, -0.1) is 0 Å². The Morgan fingerprint density at radius 2 is 0.962 bits per heavy atom. The molecule has 0 heterocycles. The van der Waals surface area contributed by atoms with Crippen LogP contribution in [0.15, 0.2) is 84.9 Å². The summed E-state index contributed by atoms with van der Waals surface area (Å²) in [5.41, 5.74) is 25.6. The summed E-state index contributed by atoms with van der Waals surface area (Å²) in [6.45, 7) is 11.4. The molecule has 52 heavy (non-hydrogen) atoms. The summed E-state index contributed by atoms with van der Waals surface area (Å²) in [4.78, 5) is 0. The average Bonchev–Trinajstić information content (AvgIpc) is 3.15. The number of hydrogen-bond donors (Lipinski definition) is 2. The van der Waals surface area contributed by atoms with Crippen LogP contribution in [0.5, 0.6) is 0 Å². The molecule has 1 saturated carbocycles. The Balaban J connectivity index is 1.48. The number of rotatable bonds is 19. The summed E-state index contributed by atoms with van der Waals surface area (Å²) in [7, 11) is 0. The Morgan fingerprint density at radius 3 is 1.35 bits per heavy atom. The fourth-order valence-electron chi connectivity index (χ4n) is 9.50. The molecule has 1 aliphatic carbocycles. The third-order valence-electron chi connectivity index (χ3n) is 12.7. The lowest BCUT2D eigenvalue weighted by Gasteiger charge is -2.42. The Morgan fingerprint density at radius 1 is 0.538 bits per heavy atom. The molecule has 1 fully saturated rings. The van der Waals surface area contributed by atoms with Crippen molar-refractivity contribution in [3.63, 3.8) is 0 Å². The highest BCUT2D eigenvalue weighted by atomic mass is 14.5. The topological polar surface area (TPSA) is 52.0 Å². The van der Waals surface area contributed by atoms with Crippen LogP contribution in [0.25, 0.3) is 0 Å². The summed E-state index contributed by atoms with van der Waals surface area (Å²) in [5, 5.41) is 0. The average molecular weight is 699 g/mol. The quantitative estimate of drug-likeness (QED) is 0.0756. The zero-order valence-electron chi connectivity index (χ0n) is 33.5. The van der Waals surface area contributed by atoms with Crippen molar-refractivity contribution in [1.29, 1.82) is 0 Å². The molecule has 4 N–H and O–H groups in total. The van der Waals surface area contributed by atoms with Gasteiger partial charge in [-0.3, -0.25) is 0 Å². The molecule has 1 aliphatic rings. The molecule has 0 radical (unpaired) electrons. The van der Waals surface area contributed by atoms with Gasteiger partial charge in [0.25, 0.3) is 0 Å². The third-order valence-corrected chi connectivity index (χ3v) is 12.7. The minimum atomic E-state index is 0.0568. The summed E-state index contributed by atoms with van der Waals surface area (Å²) < 4.78 is 0. The van der Waals surface area contributed by atoms with Crippen LogP contribution >= 0.6 is 0 Å². The van der Waals surface area contributed by atoms with Crippen molar-refractivity contribution >= 4 is 11.4 Å². The van der Waals surface area contributed by atoms with Gasteiger partial charge in [0.1, 0.15) is 0 Å². The van der Waals surface area contributed by atoms with Crippen LogP contribution in [-0.2, 0) is 5.41 Å². The Labute approximate surface area is 318 Å². The van der Waals surface area contributed by atoms with Crippen LogP contribution in [0.1, 0.15) is 186 Å². The van der Waals surface area contributed by atoms with Gasteiger partial charge in [0.05, 0.1) is 0 Å². The molecule has 2 heteroatoms. The van der Waals surface area contributed by atoms with E-state index in [9.17, 15) is 0 Å². The Hall–Kier alpha value is -3.52. The largest absolute Gasteiger partial charge is 0.399 e. The van der Waals surface area contributed by atoms with E-state index < -0.39 is 0 Å². The lowest BCUT2D eigenvalue weighted by atomic mass is 9.62. The number of nitrogens with two attached hydrogens (primary N) is 2. The van der Waals surface area contributed by atoms with Crippen molar-refractivity contribution in [2.75, 3.05) is 11.5 Å². The highest BCUT2D eigenvalue weighted by Crippen LogP contribution is 2.48. The maximum Gasteiger partial charge on any atom is 0.0316 e. The predicted molar refractivity (Wildman–Crippen MR) is 228 cm³/mol. The molecule has 0 spiro atoms. The molecule has 4 aromatic rings. The first-order chi connectivity index (χ1) is 25.3. The number of aryl methyl sites for hydroxylation is 2. The van der Waals surface area contributed by atoms with E-state index in [0.717, 1.165) is 17.3 Å². The van der Waals surface area contributed by atoms with Gasteiger partial charge in [0.2, 0.25) is 0 Å². The lowest BCUT2D eigenvalue weighted by molar-refractivity contribution is 0.251. The van der Waals surface area contributed by atoms with E-state index in [1.807, 2.05) is 0 Å². The molecule has 0 aromatic heterocycles. The third kappa shape index (κ3) is 9.91. The van der Waals surface area contributed by atoms with E-state index in [-0.39, 0.29) is 5.41 Å². The number of benzene rings is 4. The Bertz CT molecular complexity index is 1530. The van der Waals surface area contributed by atoms with Crippen LogP contribution in [0.2, 0.25) is 0 Å². The summed E-state index contributed by atoms with van der Waals surface area (Å²) in [6.07, 6.45) is 21.8. The minimum Gasteiger partial charge on any atom is -0.399 e. The van der Waals surface area contributed by atoms with Crippen molar-refractivity contribution in [2.24, 2.45) is 5.92 Å². The van der Waals surface area contributed by atoms with Crippen LogP contribution in [0.4, 0.5) is 11.4 Å². The lowest BCUT2D eigenvalue weighted by Crippen LogP contribution is -2.33. The molecule has 0 amide bonds. The van der Waals surface area contributed by atoms with E-state index in [0.29, 0.717) is 11.8 Å². The molecular weight excluding hydrogens is 629 g/mol. The van der Waals surface area contributed by atoms with Crippen molar-refractivity contribution in [3.05, 3.63) is 129 Å². The van der Waals surface area contributed by atoms with Gasteiger partial charge in [-0.1, -0.05) is 152 Å². The molecule has 280 valence electrons. The second-order valence-electron chi connectivity index (χ2n) is 16.4. The number of anilines is 2. The molecule has 0 aliphatic heterocycles. The molecule has 2 nitrogen and oxygen atoms in total. The van der Waals surface area contributed by atoms with Crippen LogP contribution in [-0.4, -0.2) is 0 Å². The van der Waals surface area contributed by atoms with E-state index in [4.69, 9.17) is 11.5 Å². The summed E-state index contributed by atoms with van der Waals surface area (Å²) >= 11 is 0. The summed E-state index contributed by atoms with van der Waals surface area (Å²) in [6, 6.07) is 33.0.